The molecule has 0 atom stereocenters. The standard InChI is InChI=1S/C24H43NO9S2/c1-3-5-15-31-34-35-32-21-19-28-16-12-25(14-18-30-24-10-8-7-9-11-24)13-17-29-20-22-33-36(26,27)23-6-4-2/h7-11H,3-6,12-23H2,1-2H3. The maximum Gasteiger partial charge on any atom is 0.267 e. The molecular weight excluding hydrogens is 510 g/mol. The van der Waals surface area contributed by atoms with Crippen molar-refractivity contribution in [2.24, 2.45) is 0 Å². The van der Waals surface area contributed by atoms with E-state index in [1.54, 1.807) is 0 Å². The minimum Gasteiger partial charge on any atom is -0.492 e. The quantitative estimate of drug-likeness (QED) is 0.0549. The van der Waals surface area contributed by atoms with Crippen LogP contribution in [0.25, 0.3) is 0 Å². The van der Waals surface area contributed by atoms with E-state index in [0.717, 1.165) is 37.3 Å². The first-order valence-electron chi connectivity index (χ1n) is 12.6. The smallest absolute Gasteiger partial charge is 0.267 e. The zero-order valence-electron chi connectivity index (χ0n) is 21.6. The fourth-order valence-corrected chi connectivity index (χ4v) is 4.10. The molecule has 0 amide bonds. The van der Waals surface area contributed by atoms with Gasteiger partial charge in [0.25, 0.3) is 10.1 Å². The average Bonchev–Trinajstić information content (AvgIpc) is 2.88. The van der Waals surface area contributed by atoms with Crippen molar-refractivity contribution in [3.05, 3.63) is 30.3 Å². The van der Waals surface area contributed by atoms with Crippen molar-refractivity contribution in [2.75, 3.05) is 78.2 Å². The Morgan fingerprint density at radius 2 is 1.44 bits per heavy atom. The van der Waals surface area contributed by atoms with Gasteiger partial charge in [-0.25, -0.2) is 4.89 Å². The van der Waals surface area contributed by atoms with Crippen molar-refractivity contribution in [2.45, 2.75) is 39.5 Å². The van der Waals surface area contributed by atoms with E-state index in [2.05, 4.69) is 11.8 Å². The molecule has 1 aromatic carbocycles. The molecule has 0 spiro atoms. The maximum absolute atomic E-state index is 11.7. The van der Waals surface area contributed by atoms with Crippen LogP contribution in [0.2, 0.25) is 0 Å². The molecule has 0 aliphatic heterocycles. The van der Waals surface area contributed by atoms with E-state index < -0.39 is 10.1 Å². The molecule has 0 N–H and O–H groups in total. The minimum absolute atomic E-state index is 0.0254. The normalized spacial score (nSPS) is 11.9. The maximum atomic E-state index is 11.7. The van der Waals surface area contributed by atoms with Crippen molar-refractivity contribution >= 4 is 22.4 Å². The van der Waals surface area contributed by atoms with E-state index in [1.807, 2.05) is 37.3 Å². The molecule has 10 nitrogen and oxygen atoms in total. The number of rotatable bonds is 26. The summed E-state index contributed by atoms with van der Waals surface area (Å²) in [6.07, 6.45) is 3.39. The van der Waals surface area contributed by atoms with Gasteiger partial charge in [-0.2, -0.15) is 8.42 Å². The number of ether oxygens (including phenoxy) is 3. The average molecular weight is 554 g/mol. The molecule has 0 aliphatic rings. The Morgan fingerprint density at radius 3 is 2.14 bits per heavy atom. The summed E-state index contributed by atoms with van der Waals surface area (Å²) in [6.45, 7) is 9.13. The Balaban J connectivity index is 2.21. The van der Waals surface area contributed by atoms with Gasteiger partial charge in [0.1, 0.15) is 12.4 Å². The van der Waals surface area contributed by atoms with Crippen LogP contribution in [0.15, 0.2) is 30.3 Å². The SMILES string of the molecule is CCCCOOSOCCOCCN(CCOCCOS(=O)(=O)CCCC)CCOc1ccccc1. The molecule has 0 radical (unpaired) electrons. The van der Waals surface area contributed by atoms with Gasteiger partial charge in [-0.15, -0.1) is 4.33 Å². The van der Waals surface area contributed by atoms with Gasteiger partial charge >= 0.3 is 0 Å². The number of hydrogen-bond acceptors (Lipinski definition) is 11. The fraction of sp³-hybridized carbons (Fsp3) is 0.750. The third-order valence-electron chi connectivity index (χ3n) is 4.78. The second-order valence-electron chi connectivity index (χ2n) is 7.80. The second kappa shape index (κ2) is 23.2. The molecule has 0 saturated heterocycles. The first kappa shape index (κ1) is 33.1. The Morgan fingerprint density at radius 1 is 0.778 bits per heavy atom. The highest BCUT2D eigenvalue weighted by Gasteiger charge is 2.10. The third-order valence-corrected chi connectivity index (χ3v) is 6.51. The van der Waals surface area contributed by atoms with Crippen LogP contribution in [0, 0.1) is 0 Å². The monoisotopic (exact) mass is 553 g/mol. The summed E-state index contributed by atoms with van der Waals surface area (Å²) >= 11 is 0.806. The first-order chi connectivity index (χ1) is 17.6. The number of benzene rings is 1. The molecule has 12 heteroatoms. The fourth-order valence-electron chi connectivity index (χ4n) is 2.74. The Kier molecular flexibility index (Phi) is 21.3. The highest BCUT2D eigenvalue weighted by Crippen LogP contribution is 2.08. The van der Waals surface area contributed by atoms with Crippen LogP contribution in [-0.4, -0.2) is 91.6 Å². The molecule has 0 saturated carbocycles. The largest absolute Gasteiger partial charge is 0.492 e. The van der Waals surface area contributed by atoms with Gasteiger partial charge < -0.3 is 14.2 Å². The van der Waals surface area contributed by atoms with Gasteiger partial charge in [-0.05, 0) is 25.0 Å². The summed E-state index contributed by atoms with van der Waals surface area (Å²) in [5, 5.41) is 0. The highest BCUT2D eigenvalue weighted by molar-refractivity contribution is 7.89. The third kappa shape index (κ3) is 20.1. The molecule has 0 fully saturated rings. The topological polar surface area (TPSA) is 102 Å². The van der Waals surface area contributed by atoms with E-state index in [-0.39, 0.29) is 19.0 Å². The van der Waals surface area contributed by atoms with Crippen molar-refractivity contribution in [1.82, 2.24) is 4.90 Å². The van der Waals surface area contributed by atoms with Gasteiger partial charge in [0.15, 0.2) is 12.3 Å². The van der Waals surface area contributed by atoms with Crippen LogP contribution in [0.1, 0.15) is 39.5 Å². The Hall–Kier alpha value is -0.960. The zero-order valence-corrected chi connectivity index (χ0v) is 23.3. The van der Waals surface area contributed by atoms with E-state index in [1.165, 1.54) is 0 Å². The second-order valence-corrected chi connectivity index (χ2v) is 10.1. The van der Waals surface area contributed by atoms with Gasteiger partial charge in [-0.3, -0.25) is 13.3 Å². The summed E-state index contributed by atoms with van der Waals surface area (Å²) in [4.78, 5) is 7.09. The van der Waals surface area contributed by atoms with Crippen LogP contribution in [0.3, 0.4) is 0 Å². The molecule has 0 aliphatic carbocycles. The van der Waals surface area contributed by atoms with E-state index >= 15 is 0 Å². The number of nitrogens with zero attached hydrogens (tertiary/aromatic N) is 1. The molecule has 1 rings (SSSR count). The predicted molar refractivity (Wildman–Crippen MR) is 140 cm³/mol. The first-order valence-corrected chi connectivity index (χ1v) is 14.8. The van der Waals surface area contributed by atoms with Crippen LogP contribution in [0.5, 0.6) is 5.75 Å². The highest BCUT2D eigenvalue weighted by atomic mass is 32.2. The van der Waals surface area contributed by atoms with E-state index in [4.69, 9.17) is 31.8 Å². The number of hydrogen-bond donors (Lipinski definition) is 0. The molecule has 0 unspecified atom stereocenters. The van der Waals surface area contributed by atoms with Crippen molar-refractivity contribution in [3.63, 3.8) is 0 Å². The van der Waals surface area contributed by atoms with Crippen LogP contribution in [0.4, 0.5) is 0 Å². The van der Waals surface area contributed by atoms with Crippen molar-refractivity contribution in [1.29, 1.82) is 0 Å². The summed E-state index contributed by atoms with van der Waals surface area (Å²) in [6, 6.07) is 9.65. The number of unbranched alkanes of at least 4 members (excludes halogenated alkanes) is 2. The summed E-state index contributed by atoms with van der Waals surface area (Å²) in [5.41, 5.74) is 0. The lowest BCUT2D eigenvalue weighted by molar-refractivity contribution is -0.197. The molecule has 36 heavy (non-hydrogen) atoms. The lowest BCUT2D eigenvalue weighted by atomic mass is 10.3. The summed E-state index contributed by atoms with van der Waals surface area (Å²) in [7, 11) is -3.46. The van der Waals surface area contributed by atoms with E-state index in [0.29, 0.717) is 65.7 Å². The van der Waals surface area contributed by atoms with Gasteiger partial charge in [0, 0.05) is 19.6 Å². The molecule has 0 aromatic heterocycles. The van der Waals surface area contributed by atoms with Crippen LogP contribution < -0.4 is 4.74 Å². The van der Waals surface area contributed by atoms with Gasteiger partial charge in [-0.1, -0.05) is 44.9 Å². The molecule has 210 valence electrons. The molecule has 1 aromatic rings. The predicted octanol–water partition coefficient (Wildman–Crippen LogP) is 3.88. The molecule has 0 bridgehead atoms. The van der Waals surface area contributed by atoms with Crippen molar-refractivity contribution < 1.29 is 40.2 Å². The summed E-state index contributed by atoms with van der Waals surface area (Å²) in [5.74, 6) is 0.865. The van der Waals surface area contributed by atoms with Crippen LogP contribution in [-0.2, 0) is 37.2 Å². The van der Waals surface area contributed by atoms with Gasteiger partial charge in [0.05, 0.1) is 52.0 Å². The van der Waals surface area contributed by atoms with Gasteiger partial charge in [0.2, 0.25) is 0 Å². The zero-order chi connectivity index (χ0) is 26.2. The summed E-state index contributed by atoms with van der Waals surface area (Å²) < 4.78 is 55.4. The minimum atomic E-state index is -3.46. The van der Waals surface area contributed by atoms with Crippen molar-refractivity contribution in [3.8, 4) is 5.75 Å². The van der Waals surface area contributed by atoms with Crippen LogP contribution >= 0.6 is 12.3 Å². The molecular formula is C24H43NO9S2. The Labute approximate surface area is 221 Å². The number of para-hydroxylation sites is 1. The van der Waals surface area contributed by atoms with E-state index in [9.17, 15) is 8.42 Å². The molecule has 0 heterocycles. The Bertz CT molecular complexity index is 711. The lowest BCUT2D eigenvalue weighted by Gasteiger charge is -2.22. The lowest BCUT2D eigenvalue weighted by Crippen LogP contribution is -2.35.